The van der Waals surface area contributed by atoms with E-state index < -0.39 is 0 Å². The number of nitrogens with zero attached hydrogens (tertiary/aromatic N) is 2. The molecule has 1 heterocycles. The lowest BCUT2D eigenvalue weighted by molar-refractivity contribution is 0.0496. The molecular weight excluding hydrogens is 340 g/mol. The van der Waals surface area contributed by atoms with Crippen molar-refractivity contribution in [1.82, 2.24) is 9.80 Å². The number of hydrogen-bond donors (Lipinski definition) is 2. The molecule has 1 saturated heterocycles. The number of rotatable bonds is 7. The zero-order valence-electron chi connectivity index (χ0n) is 16.3. The molecule has 146 valence electrons. The summed E-state index contributed by atoms with van der Waals surface area (Å²) in [6.45, 7) is 6.66. The Labute approximate surface area is 161 Å². The van der Waals surface area contributed by atoms with Crippen molar-refractivity contribution in [2.24, 2.45) is 0 Å². The van der Waals surface area contributed by atoms with E-state index in [1.807, 2.05) is 24.3 Å². The van der Waals surface area contributed by atoms with Gasteiger partial charge >= 0.3 is 0 Å². The Bertz CT molecular complexity index is 750. The molecule has 3 rings (SSSR count). The van der Waals surface area contributed by atoms with Crippen LogP contribution in [0.25, 0.3) is 0 Å². The summed E-state index contributed by atoms with van der Waals surface area (Å²) in [4.78, 5) is 4.82. The van der Waals surface area contributed by atoms with Gasteiger partial charge in [-0.25, -0.2) is 0 Å². The summed E-state index contributed by atoms with van der Waals surface area (Å²) in [5.41, 5.74) is 3.37. The maximum absolute atomic E-state index is 10.0. The second-order valence-electron chi connectivity index (χ2n) is 7.30. The third kappa shape index (κ3) is 5.01. The predicted molar refractivity (Wildman–Crippen MR) is 107 cm³/mol. The maximum Gasteiger partial charge on any atom is 0.121 e. The third-order valence-corrected chi connectivity index (χ3v) is 5.38. The largest absolute Gasteiger partial charge is 0.508 e. The summed E-state index contributed by atoms with van der Waals surface area (Å²) in [6.07, 6.45) is 0.756. The van der Waals surface area contributed by atoms with E-state index in [0.717, 1.165) is 56.0 Å². The fourth-order valence-electron chi connectivity index (χ4n) is 3.89. The first-order chi connectivity index (χ1) is 13.1. The summed E-state index contributed by atoms with van der Waals surface area (Å²) in [5, 5.41) is 19.6. The van der Waals surface area contributed by atoms with E-state index in [-0.39, 0.29) is 6.61 Å². The number of aliphatic hydroxyl groups is 1. The molecule has 0 amide bonds. The average molecular weight is 370 g/mol. The number of ether oxygens (including phenoxy) is 1. The predicted octanol–water partition coefficient (Wildman–Crippen LogP) is 2.78. The van der Waals surface area contributed by atoms with E-state index in [4.69, 9.17) is 4.74 Å². The standard InChI is InChI=1S/C22H30N2O3/c1-17-13-18(7-8-22(17)27-2)14-24-11-10-23(16-20(24)9-12-25)15-19-5-3-4-6-21(19)26/h3-8,13,20,25-26H,9-12,14-16H2,1-2H3/t20-/m0/s1. The Morgan fingerprint density at radius 2 is 1.93 bits per heavy atom. The van der Waals surface area contributed by atoms with Crippen LogP contribution in [0, 0.1) is 6.92 Å². The van der Waals surface area contributed by atoms with Gasteiger partial charge in [0.1, 0.15) is 11.5 Å². The molecule has 2 N–H and O–H groups in total. The van der Waals surface area contributed by atoms with Crippen LogP contribution in [0.4, 0.5) is 0 Å². The van der Waals surface area contributed by atoms with E-state index in [2.05, 4.69) is 28.9 Å². The molecule has 0 aromatic heterocycles. The second kappa shape index (κ2) is 9.22. The van der Waals surface area contributed by atoms with E-state index in [1.165, 1.54) is 5.56 Å². The molecule has 1 aliphatic heterocycles. The number of methoxy groups -OCH3 is 1. The number of aromatic hydroxyl groups is 1. The summed E-state index contributed by atoms with van der Waals surface area (Å²) < 4.78 is 5.36. The van der Waals surface area contributed by atoms with Crippen molar-refractivity contribution >= 4 is 0 Å². The highest BCUT2D eigenvalue weighted by molar-refractivity contribution is 5.36. The van der Waals surface area contributed by atoms with Crippen LogP contribution in [0.3, 0.4) is 0 Å². The minimum atomic E-state index is 0.188. The van der Waals surface area contributed by atoms with Gasteiger partial charge in [-0.15, -0.1) is 0 Å². The Balaban J connectivity index is 1.65. The number of benzene rings is 2. The lowest BCUT2D eigenvalue weighted by Gasteiger charge is -2.41. The molecule has 2 aromatic rings. The van der Waals surface area contributed by atoms with Gasteiger partial charge in [-0.05, 0) is 36.6 Å². The third-order valence-electron chi connectivity index (χ3n) is 5.38. The van der Waals surface area contributed by atoms with Crippen LogP contribution in [0.15, 0.2) is 42.5 Å². The number of para-hydroxylation sites is 1. The van der Waals surface area contributed by atoms with Crippen LogP contribution in [0.5, 0.6) is 11.5 Å². The fourth-order valence-corrected chi connectivity index (χ4v) is 3.89. The molecular formula is C22H30N2O3. The van der Waals surface area contributed by atoms with E-state index in [9.17, 15) is 10.2 Å². The molecule has 0 saturated carbocycles. The monoisotopic (exact) mass is 370 g/mol. The highest BCUT2D eigenvalue weighted by Crippen LogP contribution is 2.24. The van der Waals surface area contributed by atoms with Crippen LogP contribution >= 0.6 is 0 Å². The molecule has 0 unspecified atom stereocenters. The first-order valence-electron chi connectivity index (χ1n) is 9.58. The van der Waals surface area contributed by atoms with Crippen molar-refractivity contribution in [3.05, 3.63) is 59.2 Å². The molecule has 0 bridgehead atoms. The molecule has 0 aliphatic carbocycles. The minimum Gasteiger partial charge on any atom is -0.508 e. The second-order valence-corrected chi connectivity index (χ2v) is 7.30. The number of phenols is 1. The SMILES string of the molecule is COc1ccc(CN2CCN(Cc3ccccc3O)C[C@@H]2CCO)cc1C. The van der Waals surface area contributed by atoms with Crippen molar-refractivity contribution < 1.29 is 14.9 Å². The number of hydrogen-bond acceptors (Lipinski definition) is 5. The normalized spacial score (nSPS) is 18.6. The van der Waals surface area contributed by atoms with Gasteiger partial charge in [0, 0.05) is 50.9 Å². The fraction of sp³-hybridized carbons (Fsp3) is 0.455. The van der Waals surface area contributed by atoms with Gasteiger partial charge in [0.25, 0.3) is 0 Å². The van der Waals surface area contributed by atoms with Crippen LogP contribution < -0.4 is 4.74 Å². The Hall–Kier alpha value is -2.08. The van der Waals surface area contributed by atoms with Crippen LogP contribution in [-0.4, -0.2) is 59.4 Å². The van der Waals surface area contributed by atoms with Gasteiger partial charge in [0.2, 0.25) is 0 Å². The Morgan fingerprint density at radius 3 is 2.63 bits per heavy atom. The first-order valence-corrected chi connectivity index (χ1v) is 9.58. The quantitative estimate of drug-likeness (QED) is 0.785. The first kappa shape index (κ1) is 19.7. The Morgan fingerprint density at radius 1 is 1.11 bits per heavy atom. The smallest absolute Gasteiger partial charge is 0.121 e. The lowest BCUT2D eigenvalue weighted by atomic mass is 10.0. The highest BCUT2D eigenvalue weighted by atomic mass is 16.5. The summed E-state index contributed by atoms with van der Waals surface area (Å²) in [7, 11) is 1.70. The average Bonchev–Trinajstić information content (AvgIpc) is 2.66. The van der Waals surface area contributed by atoms with Gasteiger partial charge < -0.3 is 14.9 Å². The molecule has 0 spiro atoms. The van der Waals surface area contributed by atoms with Crippen molar-refractivity contribution in [3.8, 4) is 11.5 Å². The van der Waals surface area contributed by atoms with Gasteiger partial charge in [0.05, 0.1) is 7.11 Å². The van der Waals surface area contributed by atoms with Crippen molar-refractivity contribution in [2.45, 2.75) is 32.5 Å². The molecule has 2 aromatic carbocycles. The topological polar surface area (TPSA) is 56.2 Å². The van der Waals surface area contributed by atoms with Crippen LogP contribution in [-0.2, 0) is 13.1 Å². The zero-order chi connectivity index (χ0) is 19.2. The Kier molecular flexibility index (Phi) is 6.72. The molecule has 27 heavy (non-hydrogen) atoms. The summed E-state index contributed by atoms with van der Waals surface area (Å²) in [5.74, 6) is 1.27. The minimum absolute atomic E-state index is 0.188. The maximum atomic E-state index is 10.0. The lowest BCUT2D eigenvalue weighted by Crippen LogP contribution is -2.52. The molecule has 0 radical (unpaired) electrons. The zero-order valence-corrected chi connectivity index (χ0v) is 16.3. The van der Waals surface area contributed by atoms with Gasteiger partial charge in [-0.2, -0.15) is 0 Å². The number of phenolic OH excluding ortho intramolecular Hbond substituents is 1. The summed E-state index contributed by atoms with van der Waals surface area (Å²) >= 11 is 0. The van der Waals surface area contributed by atoms with Crippen molar-refractivity contribution in [2.75, 3.05) is 33.4 Å². The molecule has 1 fully saturated rings. The highest BCUT2D eigenvalue weighted by Gasteiger charge is 2.27. The van der Waals surface area contributed by atoms with E-state index >= 15 is 0 Å². The molecule has 5 heteroatoms. The molecule has 1 atom stereocenters. The van der Waals surface area contributed by atoms with Gasteiger partial charge in [-0.1, -0.05) is 30.3 Å². The van der Waals surface area contributed by atoms with Crippen molar-refractivity contribution in [1.29, 1.82) is 0 Å². The van der Waals surface area contributed by atoms with Gasteiger partial charge in [0.15, 0.2) is 0 Å². The summed E-state index contributed by atoms with van der Waals surface area (Å²) in [6, 6.07) is 14.2. The van der Waals surface area contributed by atoms with Crippen molar-refractivity contribution in [3.63, 3.8) is 0 Å². The van der Waals surface area contributed by atoms with E-state index in [0.29, 0.717) is 11.8 Å². The molecule has 5 nitrogen and oxygen atoms in total. The molecule has 1 aliphatic rings. The van der Waals surface area contributed by atoms with Gasteiger partial charge in [-0.3, -0.25) is 9.80 Å². The number of piperazine rings is 1. The van der Waals surface area contributed by atoms with Crippen LogP contribution in [0.1, 0.15) is 23.1 Å². The van der Waals surface area contributed by atoms with E-state index in [1.54, 1.807) is 13.2 Å². The van der Waals surface area contributed by atoms with Crippen LogP contribution in [0.2, 0.25) is 0 Å². The number of aliphatic hydroxyl groups excluding tert-OH is 1. The number of aryl methyl sites for hydroxylation is 1.